The molecular formula is C19H14ClN3O3S. The van der Waals surface area contributed by atoms with Gasteiger partial charge < -0.3 is 9.47 Å². The van der Waals surface area contributed by atoms with E-state index in [1.807, 2.05) is 24.3 Å². The largest absolute Gasteiger partial charge is 0.497 e. The van der Waals surface area contributed by atoms with Crippen LogP contribution < -0.4 is 19.6 Å². The molecule has 4 rings (SSSR count). The summed E-state index contributed by atoms with van der Waals surface area (Å²) in [6, 6.07) is 12.6. The second-order valence-corrected chi connectivity index (χ2v) is 7.12. The van der Waals surface area contributed by atoms with Crippen LogP contribution in [0.5, 0.6) is 11.5 Å². The summed E-state index contributed by atoms with van der Waals surface area (Å²) < 4.78 is 12.7. The first kappa shape index (κ1) is 17.5. The van der Waals surface area contributed by atoms with Gasteiger partial charge in [-0.2, -0.15) is 0 Å². The predicted octanol–water partition coefficient (Wildman–Crippen LogP) is 3.04. The van der Waals surface area contributed by atoms with Gasteiger partial charge in [0, 0.05) is 22.2 Å². The van der Waals surface area contributed by atoms with Crippen molar-refractivity contribution in [2.75, 3.05) is 14.2 Å². The molecule has 0 aliphatic carbocycles. The lowest BCUT2D eigenvalue weighted by Crippen LogP contribution is -2.23. The van der Waals surface area contributed by atoms with Gasteiger partial charge in [-0.15, -0.1) is 10.2 Å². The molecule has 0 radical (unpaired) electrons. The Morgan fingerprint density at radius 1 is 1.07 bits per heavy atom. The third-order valence-electron chi connectivity index (χ3n) is 4.08. The fourth-order valence-corrected chi connectivity index (χ4v) is 3.76. The number of benzene rings is 2. The average Bonchev–Trinajstić information content (AvgIpc) is 3.23. The minimum absolute atomic E-state index is 0.178. The van der Waals surface area contributed by atoms with Crippen molar-refractivity contribution in [3.8, 4) is 22.9 Å². The lowest BCUT2D eigenvalue weighted by molar-refractivity contribution is 0.393. The summed E-state index contributed by atoms with van der Waals surface area (Å²) in [5.74, 6) is 1.79. The Kier molecular flexibility index (Phi) is 4.55. The number of hydrogen-bond acceptors (Lipinski definition) is 6. The lowest BCUT2D eigenvalue weighted by atomic mass is 10.2. The maximum atomic E-state index is 12.9. The van der Waals surface area contributed by atoms with Crippen molar-refractivity contribution in [2.24, 2.45) is 0 Å². The quantitative estimate of drug-likeness (QED) is 0.527. The molecule has 0 saturated heterocycles. The summed E-state index contributed by atoms with van der Waals surface area (Å²) in [6.07, 6.45) is 1.78. The van der Waals surface area contributed by atoms with E-state index >= 15 is 0 Å². The van der Waals surface area contributed by atoms with Gasteiger partial charge in [-0.25, -0.2) is 4.40 Å². The SMILES string of the molecule is COc1ccc(C=c2sc3nnc(-c4ccc(Cl)cc4)n3c2=O)c(OC)c1. The van der Waals surface area contributed by atoms with Crippen LogP contribution in [0.15, 0.2) is 47.3 Å². The molecule has 0 amide bonds. The molecule has 0 fully saturated rings. The zero-order chi connectivity index (χ0) is 19.0. The third kappa shape index (κ3) is 3.15. The molecule has 0 spiro atoms. The number of fused-ring (bicyclic) bond motifs is 1. The maximum Gasteiger partial charge on any atom is 0.276 e. The van der Waals surface area contributed by atoms with Crippen molar-refractivity contribution in [3.05, 3.63) is 67.9 Å². The van der Waals surface area contributed by atoms with Gasteiger partial charge in [0.1, 0.15) is 11.5 Å². The normalized spacial score (nSPS) is 11.9. The van der Waals surface area contributed by atoms with Crippen molar-refractivity contribution in [1.82, 2.24) is 14.6 Å². The van der Waals surface area contributed by atoms with E-state index < -0.39 is 0 Å². The Hall–Kier alpha value is -2.90. The smallest absolute Gasteiger partial charge is 0.276 e. The third-order valence-corrected chi connectivity index (χ3v) is 5.29. The second-order valence-electron chi connectivity index (χ2n) is 5.67. The minimum atomic E-state index is -0.178. The molecule has 2 aromatic carbocycles. The summed E-state index contributed by atoms with van der Waals surface area (Å²) in [7, 11) is 3.17. The number of nitrogens with zero attached hydrogens (tertiary/aromatic N) is 3. The van der Waals surface area contributed by atoms with Crippen molar-refractivity contribution in [1.29, 1.82) is 0 Å². The number of halogens is 1. The van der Waals surface area contributed by atoms with E-state index in [4.69, 9.17) is 21.1 Å². The van der Waals surface area contributed by atoms with E-state index in [1.54, 1.807) is 38.5 Å². The van der Waals surface area contributed by atoms with Crippen LogP contribution in [0.4, 0.5) is 0 Å². The van der Waals surface area contributed by atoms with Crippen LogP contribution in [0.25, 0.3) is 22.4 Å². The van der Waals surface area contributed by atoms with Crippen LogP contribution in [0.3, 0.4) is 0 Å². The molecule has 0 bridgehead atoms. The topological polar surface area (TPSA) is 65.7 Å². The molecule has 27 heavy (non-hydrogen) atoms. The highest BCUT2D eigenvalue weighted by atomic mass is 35.5. The van der Waals surface area contributed by atoms with Gasteiger partial charge in [0.25, 0.3) is 5.56 Å². The van der Waals surface area contributed by atoms with E-state index in [9.17, 15) is 4.79 Å². The minimum Gasteiger partial charge on any atom is -0.497 e. The molecule has 4 aromatic rings. The number of methoxy groups -OCH3 is 2. The zero-order valence-electron chi connectivity index (χ0n) is 14.5. The van der Waals surface area contributed by atoms with Gasteiger partial charge in [-0.3, -0.25) is 4.79 Å². The van der Waals surface area contributed by atoms with E-state index in [2.05, 4.69) is 10.2 Å². The molecule has 136 valence electrons. The van der Waals surface area contributed by atoms with Crippen LogP contribution in [-0.2, 0) is 0 Å². The van der Waals surface area contributed by atoms with Crippen molar-refractivity contribution >= 4 is 34.0 Å². The first-order chi connectivity index (χ1) is 13.1. The van der Waals surface area contributed by atoms with E-state index in [-0.39, 0.29) is 5.56 Å². The molecule has 2 aromatic heterocycles. The van der Waals surface area contributed by atoms with E-state index in [1.165, 1.54) is 15.7 Å². The van der Waals surface area contributed by atoms with E-state index in [0.717, 1.165) is 11.1 Å². The Labute approximate surface area is 163 Å². The zero-order valence-corrected chi connectivity index (χ0v) is 16.0. The molecular weight excluding hydrogens is 386 g/mol. The molecule has 0 aliphatic heterocycles. The molecule has 8 heteroatoms. The number of rotatable bonds is 4. The van der Waals surface area contributed by atoms with Crippen molar-refractivity contribution < 1.29 is 9.47 Å². The standard InChI is InChI=1S/C19H14ClN3O3S/c1-25-14-8-5-12(15(10-14)26-2)9-16-18(24)23-17(21-22-19(23)27-16)11-3-6-13(20)7-4-11/h3-10H,1-2H3. The summed E-state index contributed by atoms with van der Waals surface area (Å²) in [5, 5.41) is 8.90. The van der Waals surface area contributed by atoms with Crippen LogP contribution in [0.1, 0.15) is 5.56 Å². The summed E-state index contributed by atoms with van der Waals surface area (Å²) in [6.45, 7) is 0. The summed E-state index contributed by atoms with van der Waals surface area (Å²) in [4.78, 5) is 13.5. The Bertz CT molecular complexity index is 1230. The average molecular weight is 400 g/mol. The molecule has 0 atom stereocenters. The van der Waals surface area contributed by atoms with Gasteiger partial charge in [0.2, 0.25) is 4.96 Å². The highest BCUT2D eigenvalue weighted by molar-refractivity contribution is 7.15. The monoisotopic (exact) mass is 399 g/mol. The van der Waals surface area contributed by atoms with Gasteiger partial charge in [0.15, 0.2) is 5.82 Å². The number of ether oxygens (including phenoxy) is 2. The maximum absolute atomic E-state index is 12.9. The van der Waals surface area contributed by atoms with Gasteiger partial charge in [-0.05, 0) is 42.5 Å². The van der Waals surface area contributed by atoms with Crippen LogP contribution >= 0.6 is 22.9 Å². The molecule has 0 N–H and O–H groups in total. The summed E-state index contributed by atoms with van der Waals surface area (Å²) in [5.41, 5.74) is 1.37. The number of hydrogen-bond donors (Lipinski definition) is 0. The van der Waals surface area contributed by atoms with Gasteiger partial charge >= 0.3 is 0 Å². The Morgan fingerprint density at radius 3 is 2.56 bits per heavy atom. The first-order valence-corrected chi connectivity index (χ1v) is 9.18. The highest BCUT2D eigenvalue weighted by Gasteiger charge is 2.14. The van der Waals surface area contributed by atoms with Crippen LogP contribution in [0.2, 0.25) is 5.02 Å². The second kappa shape index (κ2) is 7.02. The van der Waals surface area contributed by atoms with E-state index in [0.29, 0.717) is 31.8 Å². The molecule has 0 saturated carbocycles. The molecule has 0 unspecified atom stereocenters. The summed E-state index contributed by atoms with van der Waals surface area (Å²) >= 11 is 7.21. The Morgan fingerprint density at radius 2 is 1.85 bits per heavy atom. The van der Waals surface area contributed by atoms with Crippen LogP contribution in [0, 0.1) is 0 Å². The molecule has 6 nitrogen and oxygen atoms in total. The number of thiazole rings is 1. The van der Waals surface area contributed by atoms with Crippen LogP contribution in [-0.4, -0.2) is 28.8 Å². The lowest BCUT2D eigenvalue weighted by Gasteiger charge is -2.06. The van der Waals surface area contributed by atoms with Gasteiger partial charge in [0.05, 0.1) is 18.8 Å². The van der Waals surface area contributed by atoms with Gasteiger partial charge in [-0.1, -0.05) is 22.9 Å². The fourth-order valence-electron chi connectivity index (χ4n) is 2.73. The van der Waals surface area contributed by atoms with Crippen molar-refractivity contribution in [2.45, 2.75) is 0 Å². The number of aromatic nitrogens is 3. The first-order valence-electron chi connectivity index (χ1n) is 7.98. The molecule has 0 aliphatic rings. The predicted molar refractivity (Wildman–Crippen MR) is 106 cm³/mol. The Balaban J connectivity index is 1.87. The molecule has 2 heterocycles. The highest BCUT2D eigenvalue weighted by Crippen LogP contribution is 2.25. The fraction of sp³-hybridized carbons (Fsp3) is 0.105. The van der Waals surface area contributed by atoms with Crippen molar-refractivity contribution in [3.63, 3.8) is 0 Å².